The first kappa shape index (κ1) is 47.7. The van der Waals surface area contributed by atoms with Crippen molar-refractivity contribution in [2.24, 2.45) is 0 Å². The Kier molecular flexibility index (Phi) is 11.5. The summed E-state index contributed by atoms with van der Waals surface area (Å²) in [5, 5.41) is 9.63. The number of anilines is 9. The number of nitrogens with zero attached hydrogens (tertiary/aromatic N) is 3. The maximum atomic E-state index is 6.95. The van der Waals surface area contributed by atoms with Crippen LogP contribution in [-0.2, 0) is 0 Å². The summed E-state index contributed by atoms with van der Waals surface area (Å²) >= 11 is 3.73. The Labute approximate surface area is 482 Å². The van der Waals surface area contributed by atoms with Crippen LogP contribution >= 0.6 is 22.7 Å². The number of thiophene rings is 2. The number of hydrogen-bond acceptors (Lipinski definition) is 6. The quantitative estimate of drug-likeness (QED) is 0.129. The molecular formula is C76H49N3OS2. The van der Waals surface area contributed by atoms with Gasteiger partial charge in [-0.2, -0.15) is 0 Å². The van der Waals surface area contributed by atoms with Gasteiger partial charge >= 0.3 is 0 Å². The van der Waals surface area contributed by atoms with Crippen molar-refractivity contribution in [3.05, 3.63) is 297 Å². The lowest BCUT2D eigenvalue weighted by molar-refractivity contribution is 0.669. The van der Waals surface area contributed by atoms with E-state index in [1.54, 1.807) is 0 Å². The van der Waals surface area contributed by atoms with Gasteiger partial charge in [-0.25, -0.2) is 0 Å². The van der Waals surface area contributed by atoms with Crippen molar-refractivity contribution in [3.8, 4) is 22.3 Å². The van der Waals surface area contributed by atoms with Crippen molar-refractivity contribution < 1.29 is 4.42 Å². The van der Waals surface area contributed by atoms with E-state index in [2.05, 4.69) is 306 Å². The van der Waals surface area contributed by atoms with Crippen LogP contribution in [0.25, 0.3) is 95.3 Å². The molecule has 0 saturated carbocycles. The van der Waals surface area contributed by atoms with Gasteiger partial charge in [0, 0.05) is 79.6 Å². The molecule has 0 fully saturated rings. The van der Waals surface area contributed by atoms with Gasteiger partial charge in [0.15, 0.2) is 5.58 Å². The highest BCUT2D eigenvalue weighted by Crippen LogP contribution is 2.50. The summed E-state index contributed by atoms with van der Waals surface area (Å²) in [4.78, 5) is 7.18. The fourth-order valence-corrected chi connectivity index (χ4v) is 14.7. The van der Waals surface area contributed by atoms with E-state index in [4.69, 9.17) is 4.42 Å². The highest BCUT2D eigenvalue weighted by Gasteiger charge is 2.26. The van der Waals surface area contributed by atoms with E-state index in [9.17, 15) is 0 Å². The van der Waals surface area contributed by atoms with Gasteiger partial charge in [-0.3, -0.25) is 0 Å². The van der Waals surface area contributed by atoms with Crippen molar-refractivity contribution in [1.29, 1.82) is 0 Å². The minimum Gasteiger partial charge on any atom is -0.454 e. The molecular weight excluding hydrogens is 1030 g/mol. The van der Waals surface area contributed by atoms with Gasteiger partial charge in [0.05, 0.1) is 22.7 Å². The minimum atomic E-state index is 0.817. The molecule has 0 aliphatic heterocycles. The molecule has 0 saturated heterocycles. The maximum Gasteiger partial charge on any atom is 0.159 e. The van der Waals surface area contributed by atoms with Gasteiger partial charge < -0.3 is 19.1 Å². The molecule has 0 amide bonds. The maximum absolute atomic E-state index is 6.95. The third-order valence-corrected chi connectivity index (χ3v) is 18.4. The summed E-state index contributed by atoms with van der Waals surface area (Å²) in [6.45, 7) is 0. The molecule has 0 atom stereocenters. The molecule has 0 bridgehead atoms. The Hall–Kier alpha value is -10.2. The lowest BCUT2D eigenvalue weighted by Gasteiger charge is -2.33. The SMILES string of the molecule is c1ccc(N(c2ccc(-c3cccc4c3sc3ccccc34)cc2)c2cc(N(c3ccccc3)c3ccc(-c4cccc5c4sc4ccccc45)cc3)cc(N(c3ccc4ccccc4c3)c3cccc4c3oc3ccccc34)c2)cc1. The third-order valence-electron chi connectivity index (χ3n) is 16.0. The molecule has 16 rings (SSSR count). The summed E-state index contributed by atoms with van der Waals surface area (Å²) < 4.78 is 12.1. The van der Waals surface area contributed by atoms with Crippen LogP contribution in [0.2, 0.25) is 0 Å². The average Bonchev–Trinajstić information content (AvgIpc) is 4.25. The highest BCUT2D eigenvalue weighted by atomic mass is 32.1. The number of benzene rings is 13. The van der Waals surface area contributed by atoms with Gasteiger partial charge in [-0.05, 0) is 136 Å². The summed E-state index contributed by atoms with van der Waals surface area (Å²) in [6.07, 6.45) is 0. The van der Waals surface area contributed by atoms with Crippen LogP contribution in [-0.4, -0.2) is 0 Å². The van der Waals surface area contributed by atoms with E-state index in [1.807, 2.05) is 28.7 Å². The van der Waals surface area contributed by atoms with Gasteiger partial charge in [0.2, 0.25) is 0 Å². The Morgan fingerprint density at radius 1 is 0.256 bits per heavy atom. The molecule has 0 aliphatic carbocycles. The second kappa shape index (κ2) is 19.8. The standard InChI is InChI=1S/C76H49N3OS2/c1-3-20-54(21-4-1)77(56-41-37-51(38-42-56)62-27-15-30-68-65-25-10-13-34-72(65)81-75(62)68)59-47-60(78(55-22-5-2-6-23-55)57-43-39-52(40-44-57)63-28-16-31-69-66-26-11-14-35-73(66)82-76(63)69)49-61(48-59)79(58-45-36-50-18-7-8-19-53(50)46-58)70-32-17-29-67-64-24-9-12-33-71(64)80-74(67)70/h1-49H. The predicted molar refractivity (Wildman–Crippen MR) is 352 cm³/mol. The molecule has 386 valence electrons. The van der Waals surface area contributed by atoms with Crippen molar-refractivity contribution in [2.45, 2.75) is 0 Å². The topological polar surface area (TPSA) is 22.9 Å². The molecule has 6 heteroatoms. The van der Waals surface area contributed by atoms with Crippen LogP contribution in [0.3, 0.4) is 0 Å². The van der Waals surface area contributed by atoms with E-state index in [1.165, 1.54) is 68.0 Å². The zero-order valence-corrected chi connectivity index (χ0v) is 46.0. The van der Waals surface area contributed by atoms with Crippen LogP contribution in [0, 0.1) is 0 Å². The van der Waals surface area contributed by atoms with Crippen LogP contribution in [0.5, 0.6) is 0 Å². The number of hydrogen-bond donors (Lipinski definition) is 0. The van der Waals surface area contributed by atoms with Crippen molar-refractivity contribution in [2.75, 3.05) is 14.7 Å². The number of furan rings is 1. The monoisotopic (exact) mass is 1080 g/mol. The Bertz CT molecular complexity index is 4840. The van der Waals surface area contributed by atoms with Crippen LogP contribution in [0.4, 0.5) is 51.2 Å². The molecule has 3 aromatic heterocycles. The molecule has 16 aromatic rings. The zero-order valence-electron chi connectivity index (χ0n) is 44.4. The third kappa shape index (κ3) is 8.18. The molecule has 82 heavy (non-hydrogen) atoms. The largest absolute Gasteiger partial charge is 0.454 e. The molecule has 0 N–H and O–H groups in total. The summed E-state index contributed by atoms with van der Waals surface area (Å²) in [7, 11) is 0. The molecule has 13 aromatic carbocycles. The van der Waals surface area contributed by atoms with Gasteiger partial charge in [-0.1, -0.05) is 194 Å². The van der Waals surface area contributed by atoms with Crippen LogP contribution in [0.15, 0.2) is 302 Å². The highest BCUT2D eigenvalue weighted by molar-refractivity contribution is 7.26. The lowest BCUT2D eigenvalue weighted by Crippen LogP contribution is -2.16. The second-order valence-electron chi connectivity index (χ2n) is 20.8. The predicted octanol–water partition coefficient (Wildman–Crippen LogP) is 23.2. The number of rotatable bonds is 11. The Morgan fingerprint density at radius 2 is 0.683 bits per heavy atom. The first-order valence-electron chi connectivity index (χ1n) is 27.7. The van der Waals surface area contributed by atoms with E-state index in [-0.39, 0.29) is 0 Å². The molecule has 3 heterocycles. The second-order valence-corrected chi connectivity index (χ2v) is 22.9. The van der Waals surface area contributed by atoms with Gasteiger partial charge in [-0.15, -0.1) is 22.7 Å². The minimum absolute atomic E-state index is 0.817. The fraction of sp³-hybridized carbons (Fsp3) is 0. The molecule has 0 unspecified atom stereocenters. The van der Waals surface area contributed by atoms with Gasteiger partial charge in [0.25, 0.3) is 0 Å². The van der Waals surface area contributed by atoms with E-state index in [0.717, 1.165) is 78.5 Å². The summed E-state index contributed by atoms with van der Waals surface area (Å²) in [5.41, 5.74) is 15.5. The molecule has 4 nitrogen and oxygen atoms in total. The van der Waals surface area contributed by atoms with E-state index in [0.29, 0.717) is 0 Å². The average molecular weight is 1080 g/mol. The molecule has 0 radical (unpaired) electrons. The van der Waals surface area contributed by atoms with Crippen LogP contribution in [0.1, 0.15) is 0 Å². The van der Waals surface area contributed by atoms with Gasteiger partial charge in [0.1, 0.15) is 5.58 Å². The normalized spacial score (nSPS) is 11.7. The van der Waals surface area contributed by atoms with Crippen molar-refractivity contribution in [1.82, 2.24) is 0 Å². The first-order valence-corrected chi connectivity index (χ1v) is 29.3. The number of fused-ring (bicyclic) bond motifs is 10. The number of para-hydroxylation sites is 4. The van der Waals surface area contributed by atoms with Crippen molar-refractivity contribution in [3.63, 3.8) is 0 Å². The molecule has 0 spiro atoms. The Morgan fingerprint density at radius 3 is 1.26 bits per heavy atom. The summed E-state index contributed by atoms with van der Waals surface area (Å²) in [6, 6.07) is 108. The van der Waals surface area contributed by atoms with Crippen molar-refractivity contribution >= 4 is 147 Å². The zero-order chi connectivity index (χ0) is 54.1. The smallest absolute Gasteiger partial charge is 0.159 e. The van der Waals surface area contributed by atoms with E-state index >= 15 is 0 Å². The molecule has 0 aliphatic rings. The Balaban J connectivity index is 0.926. The summed E-state index contributed by atoms with van der Waals surface area (Å²) in [5.74, 6) is 0. The lowest BCUT2D eigenvalue weighted by atomic mass is 10.0. The van der Waals surface area contributed by atoms with Crippen LogP contribution < -0.4 is 14.7 Å². The first-order chi connectivity index (χ1) is 40.6. The van der Waals surface area contributed by atoms with E-state index < -0.39 is 0 Å². The fourth-order valence-electron chi connectivity index (χ4n) is 12.2.